The normalized spacial score (nSPS) is 35.2. The van der Waals surface area contributed by atoms with Crippen LogP contribution >= 0.6 is 11.8 Å². The van der Waals surface area contributed by atoms with Gasteiger partial charge in [0.15, 0.2) is 0 Å². The first kappa shape index (κ1) is 17.6. The highest BCUT2D eigenvalue weighted by atomic mass is 32.2. The van der Waals surface area contributed by atoms with E-state index in [0.29, 0.717) is 17.9 Å². The van der Waals surface area contributed by atoms with E-state index in [1.54, 1.807) is 0 Å². The molecule has 2 saturated carbocycles. The van der Waals surface area contributed by atoms with Gasteiger partial charge in [0.2, 0.25) is 11.8 Å². The Balaban J connectivity index is 1.37. The van der Waals surface area contributed by atoms with Crippen LogP contribution in [0.5, 0.6) is 0 Å². The molecule has 1 aromatic carbocycles. The molecule has 5 heteroatoms. The minimum Gasteiger partial charge on any atom is -0.331 e. The third-order valence-corrected chi connectivity index (χ3v) is 7.99. The number of likely N-dealkylation sites (tertiary alicyclic amines) is 1. The summed E-state index contributed by atoms with van der Waals surface area (Å²) in [6, 6.07) is 10.5. The van der Waals surface area contributed by atoms with Gasteiger partial charge in [0.1, 0.15) is 6.04 Å². The summed E-state index contributed by atoms with van der Waals surface area (Å²) in [5.41, 5.74) is 1.27. The minimum absolute atomic E-state index is 0.0799. The van der Waals surface area contributed by atoms with E-state index >= 15 is 0 Å². The Hall–Kier alpha value is -1.49. The predicted octanol–water partition coefficient (Wildman–Crippen LogP) is 3.48. The largest absolute Gasteiger partial charge is 0.331 e. The fraction of sp³-hybridized carbons (Fsp3) is 0.636. The summed E-state index contributed by atoms with van der Waals surface area (Å²) in [5.74, 6) is 3.24. The highest BCUT2D eigenvalue weighted by Gasteiger charge is 2.54. The SMILES string of the molecule is O=C([C@@H]1C[C@@H]2CCCC[C@@H]2N1C(=O)[C@@H]1C[C@H]1c1ccccc1)N1CCSC1. The second-order valence-electron chi connectivity index (χ2n) is 8.61. The first-order chi connectivity index (χ1) is 13.2. The quantitative estimate of drug-likeness (QED) is 0.801. The average Bonchev–Trinajstić information content (AvgIpc) is 3.14. The zero-order valence-corrected chi connectivity index (χ0v) is 16.6. The standard InChI is InChI=1S/C22H28N2O2S/c25-21(18-13-17(18)15-6-2-1-3-7-15)24-19-9-5-4-8-16(19)12-20(24)22(26)23-10-11-27-14-23/h1-3,6-7,16-20H,4-5,8-14H2/t16-,17-,18+,19-,20-/m0/s1. The third kappa shape index (κ3) is 3.18. The summed E-state index contributed by atoms with van der Waals surface area (Å²) in [5, 5.41) is 0. The maximum Gasteiger partial charge on any atom is 0.246 e. The van der Waals surface area contributed by atoms with Crippen LogP contribution in [0.2, 0.25) is 0 Å². The molecule has 2 saturated heterocycles. The van der Waals surface area contributed by atoms with E-state index in [1.807, 2.05) is 22.7 Å². The van der Waals surface area contributed by atoms with E-state index in [0.717, 1.165) is 37.4 Å². The summed E-state index contributed by atoms with van der Waals surface area (Å²) >= 11 is 1.82. The molecule has 0 unspecified atom stereocenters. The van der Waals surface area contributed by atoms with Gasteiger partial charge in [-0.1, -0.05) is 43.2 Å². The van der Waals surface area contributed by atoms with E-state index < -0.39 is 0 Å². The van der Waals surface area contributed by atoms with Gasteiger partial charge >= 0.3 is 0 Å². The van der Waals surface area contributed by atoms with E-state index in [1.165, 1.54) is 24.8 Å². The van der Waals surface area contributed by atoms with Crippen LogP contribution in [-0.4, -0.2) is 51.9 Å². The molecular weight excluding hydrogens is 356 g/mol. The molecule has 27 heavy (non-hydrogen) atoms. The van der Waals surface area contributed by atoms with Gasteiger partial charge in [-0.3, -0.25) is 9.59 Å². The Labute approximate surface area is 165 Å². The van der Waals surface area contributed by atoms with E-state index in [9.17, 15) is 9.59 Å². The van der Waals surface area contributed by atoms with Crippen LogP contribution in [0, 0.1) is 11.8 Å². The minimum atomic E-state index is -0.207. The maximum atomic E-state index is 13.5. The Morgan fingerprint density at radius 2 is 1.81 bits per heavy atom. The highest BCUT2D eigenvalue weighted by Crippen LogP contribution is 2.51. The molecule has 4 aliphatic rings. The lowest BCUT2D eigenvalue weighted by molar-refractivity contribution is -0.145. The molecule has 1 aromatic rings. The fourth-order valence-corrected chi connectivity index (χ4v) is 6.48. The molecule has 2 aliphatic heterocycles. The third-order valence-electron chi connectivity index (χ3n) is 7.03. The number of nitrogens with zero attached hydrogens (tertiary/aromatic N) is 2. The van der Waals surface area contributed by atoms with Crippen molar-refractivity contribution < 1.29 is 9.59 Å². The molecule has 4 fully saturated rings. The average molecular weight is 385 g/mol. The zero-order valence-electron chi connectivity index (χ0n) is 15.8. The van der Waals surface area contributed by atoms with E-state index in [-0.39, 0.29) is 23.8 Å². The second-order valence-corrected chi connectivity index (χ2v) is 9.68. The van der Waals surface area contributed by atoms with Gasteiger partial charge in [-0.05, 0) is 43.1 Å². The molecule has 0 spiro atoms. The molecule has 2 amide bonds. The highest BCUT2D eigenvalue weighted by molar-refractivity contribution is 7.99. The first-order valence-electron chi connectivity index (χ1n) is 10.5. The Morgan fingerprint density at radius 3 is 2.59 bits per heavy atom. The summed E-state index contributed by atoms with van der Waals surface area (Å²) in [6.07, 6.45) is 6.53. The van der Waals surface area contributed by atoms with Crippen molar-refractivity contribution in [3.63, 3.8) is 0 Å². The molecule has 4 nitrogen and oxygen atoms in total. The number of hydrogen-bond acceptors (Lipinski definition) is 3. The van der Waals surface area contributed by atoms with Crippen LogP contribution in [0.3, 0.4) is 0 Å². The molecule has 0 bridgehead atoms. The molecule has 2 aliphatic carbocycles. The van der Waals surface area contributed by atoms with Crippen LogP contribution in [0.25, 0.3) is 0 Å². The molecule has 2 heterocycles. The van der Waals surface area contributed by atoms with Gasteiger partial charge in [0.05, 0.1) is 5.88 Å². The smallest absolute Gasteiger partial charge is 0.246 e. The first-order valence-corrected chi connectivity index (χ1v) is 11.6. The number of carbonyl (C=O) groups excluding carboxylic acids is 2. The predicted molar refractivity (Wildman–Crippen MR) is 107 cm³/mol. The lowest BCUT2D eigenvalue weighted by atomic mass is 9.84. The number of hydrogen-bond donors (Lipinski definition) is 0. The van der Waals surface area contributed by atoms with Crippen LogP contribution in [0.15, 0.2) is 30.3 Å². The lowest BCUT2D eigenvalue weighted by Crippen LogP contribution is -2.50. The Bertz CT molecular complexity index is 718. The van der Waals surface area contributed by atoms with Crippen LogP contribution in [0.1, 0.15) is 50.0 Å². The van der Waals surface area contributed by atoms with Gasteiger partial charge in [0, 0.05) is 24.3 Å². The number of rotatable bonds is 3. The van der Waals surface area contributed by atoms with Gasteiger partial charge in [-0.2, -0.15) is 0 Å². The summed E-state index contributed by atoms with van der Waals surface area (Å²) < 4.78 is 0. The van der Waals surface area contributed by atoms with Crippen molar-refractivity contribution in [2.75, 3.05) is 18.2 Å². The van der Waals surface area contributed by atoms with Crippen LogP contribution in [-0.2, 0) is 9.59 Å². The van der Waals surface area contributed by atoms with Crippen LogP contribution < -0.4 is 0 Å². The van der Waals surface area contributed by atoms with E-state index in [2.05, 4.69) is 29.2 Å². The molecule has 144 valence electrons. The van der Waals surface area contributed by atoms with Crippen molar-refractivity contribution in [3.8, 4) is 0 Å². The summed E-state index contributed by atoms with van der Waals surface area (Å²) in [6.45, 7) is 0.841. The number of fused-ring (bicyclic) bond motifs is 1. The molecule has 0 radical (unpaired) electrons. The van der Waals surface area contributed by atoms with E-state index in [4.69, 9.17) is 0 Å². The summed E-state index contributed by atoms with van der Waals surface area (Å²) in [4.78, 5) is 30.8. The number of amides is 2. The van der Waals surface area contributed by atoms with Crippen molar-refractivity contribution in [1.82, 2.24) is 9.80 Å². The zero-order chi connectivity index (χ0) is 18.4. The van der Waals surface area contributed by atoms with Crippen molar-refractivity contribution in [2.24, 2.45) is 11.8 Å². The van der Waals surface area contributed by atoms with Crippen molar-refractivity contribution >= 4 is 23.6 Å². The monoisotopic (exact) mass is 384 g/mol. The molecule has 0 N–H and O–H groups in total. The van der Waals surface area contributed by atoms with Gasteiger partial charge in [0.25, 0.3) is 0 Å². The van der Waals surface area contributed by atoms with Gasteiger partial charge in [-0.15, -0.1) is 11.8 Å². The molecule has 5 rings (SSSR count). The molecule has 5 atom stereocenters. The maximum absolute atomic E-state index is 13.5. The summed E-state index contributed by atoms with van der Waals surface area (Å²) in [7, 11) is 0. The molecular formula is C22H28N2O2S. The lowest BCUT2D eigenvalue weighted by Gasteiger charge is -2.34. The Kier molecular flexibility index (Phi) is 4.66. The van der Waals surface area contributed by atoms with Gasteiger partial charge in [-0.25, -0.2) is 0 Å². The van der Waals surface area contributed by atoms with Crippen molar-refractivity contribution in [1.29, 1.82) is 0 Å². The number of thioether (sulfide) groups is 1. The molecule has 0 aromatic heterocycles. The van der Waals surface area contributed by atoms with Crippen LogP contribution in [0.4, 0.5) is 0 Å². The number of benzene rings is 1. The number of carbonyl (C=O) groups is 2. The van der Waals surface area contributed by atoms with Crippen molar-refractivity contribution in [2.45, 2.75) is 56.5 Å². The topological polar surface area (TPSA) is 40.6 Å². The van der Waals surface area contributed by atoms with Gasteiger partial charge < -0.3 is 9.80 Å². The van der Waals surface area contributed by atoms with Crippen molar-refractivity contribution in [3.05, 3.63) is 35.9 Å². The second kappa shape index (κ2) is 7.16. The Morgan fingerprint density at radius 1 is 1.00 bits per heavy atom. The fourth-order valence-electron chi connectivity index (χ4n) is 5.52.